The number of fused-ring (bicyclic) bond motifs is 1. The van der Waals surface area contributed by atoms with Crippen LogP contribution in [-0.2, 0) is 13.0 Å². The maximum absolute atomic E-state index is 11.9. The summed E-state index contributed by atoms with van der Waals surface area (Å²) >= 11 is 0. The first-order chi connectivity index (χ1) is 10.2. The van der Waals surface area contributed by atoms with Crippen LogP contribution in [0.3, 0.4) is 0 Å². The van der Waals surface area contributed by atoms with Crippen LogP contribution in [0, 0.1) is 0 Å². The molecule has 0 spiro atoms. The normalized spacial score (nSPS) is 16.2. The summed E-state index contributed by atoms with van der Waals surface area (Å²) in [6.45, 7) is 2.36. The minimum atomic E-state index is -0.291. The Balaban J connectivity index is 1.76. The van der Waals surface area contributed by atoms with Crippen LogP contribution >= 0.6 is 0 Å². The number of benzene rings is 1. The van der Waals surface area contributed by atoms with Gasteiger partial charge in [-0.15, -0.1) is 0 Å². The van der Waals surface area contributed by atoms with Crippen LogP contribution in [0.4, 0.5) is 0 Å². The second-order valence-corrected chi connectivity index (χ2v) is 4.97. The molecule has 2 heterocycles. The van der Waals surface area contributed by atoms with Crippen LogP contribution in [0.15, 0.2) is 29.0 Å². The lowest BCUT2D eigenvalue weighted by Crippen LogP contribution is -2.23. The molecule has 3 rings (SSSR count). The van der Waals surface area contributed by atoms with Gasteiger partial charge in [0.25, 0.3) is 5.91 Å². The number of nitrogens with one attached hydrogen (secondary N) is 1. The zero-order valence-corrected chi connectivity index (χ0v) is 11.9. The second kappa shape index (κ2) is 5.47. The monoisotopic (exact) mass is 288 g/mol. The molecule has 1 unspecified atom stereocenters. The van der Waals surface area contributed by atoms with Gasteiger partial charge in [-0.05, 0) is 19.1 Å². The topological polar surface area (TPSA) is 73.6 Å². The first-order valence-corrected chi connectivity index (χ1v) is 6.72. The highest BCUT2D eigenvalue weighted by molar-refractivity contribution is 5.91. The lowest BCUT2D eigenvalue weighted by molar-refractivity contribution is 0.0941. The molecule has 110 valence electrons. The highest BCUT2D eigenvalue weighted by atomic mass is 16.5. The Morgan fingerprint density at radius 2 is 2.38 bits per heavy atom. The van der Waals surface area contributed by atoms with Gasteiger partial charge in [-0.3, -0.25) is 4.79 Å². The highest BCUT2D eigenvalue weighted by Crippen LogP contribution is 2.34. The van der Waals surface area contributed by atoms with Crippen LogP contribution < -0.4 is 14.8 Å². The molecular weight excluding hydrogens is 272 g/mol. The Kier molecular flexibility index (Phi) is 3.51. The van der Waals surface area contributed by atoms with Gasteiger partial charge in [0.1, 0.15) is 23.9 Å². The summed E-state index contributed by atoms with van der Waals surface area (Å²) in [5.41, 5.74) is 2.24. The summed E-state index contributed by atoms with van der Waals surface area (Å²) < 4.78 is 15.8. The minimum absolute atomic E-state index is 0.171. The van der Waals surface area contributed by atoms with E-state index in [9.17, 15) is 4.79 Å². The largest absolute Gasteiger partial charge is 0.496 e. The molecule has 0 saturated heterocycles. The summed E-state index contributed by atoms with van der Waals surface area (Å²) in [5, 5.41) is 6.38. The molecule has 1 aromatic carbocycles. The Bertz CT molecular complexity index is 652. The van der Waals surface area contributed by atoms with Crippen molar-refractivity contribution in [1.29, 1.82) is 0 Å². The number of aromatic nitrogens is 1. The third-order valence-electron chi connectivity index (χ3n) is 3.41. The Labute approximate surface area is 122 Å². The summed E-state index contributed by atoms with van der Waals surface area (Å²) in [5.74, 6) is 1.31. The van der Waals surface area contributed by atoms with Crippen molar-refractivity contribution < 1.29 is 18.8 Å². The van der Waals surface area contributed by atoms with E-state index in [1.54, 1.807) is 7.11 Å². The summed E-state index contributed by atoms with van der Waals surface area (Å²) in [4.78, 5) is 11.9. The smallest absolute Gasteiger partial charge is 0.273 e. The number of rotatable bonds is 4. The predicted molar refractivity (Wildman–Crippen MR) is 74.5 cm³/mol. The third kappa shape index (κ3) is 2.69. The lowest BCUT2D eigenvalue weighted by Gasteiger charge is -2.11. The van der Waals surface area contributed by atoms with Gasteiger partial charge in [0.2, 0.25) is 0 Å². The van der Waals surface area contributed by atoms with Crippen molar-refractivity contribution in [1.82, 2.24) is 10.5 Å². The van der Waals surface area contributed by atoms with Crippen molar-refractivity contribution in [3.8, 4) is 11.5 Å². The summed E-state index contributed by atoms with van der Waals surface area (Å²) in [7, 11) is 1.61. The van der Waals surface area contributed by atoms with Crippen molar-refractivity contribution in [3.05, 3.63) is 41.3 Å². The molecule has 21 heavy (non-hydrogen) atoms. The number of carbonyl (C=O) groups excluding carboxylic acids is 1. The van der Waals surface area contributed by atoms with Gasteiger partial charge in [-0.2, -0.15) is 0 Å². The fraction of sp³-hybridized carbons (Fsp3) is 0.333. The van der Waals surface area contributed by atoms with E-state index in [2.05, 4.69) is 15.0 Å². The van der Waals surface area contributed by atoms with E-state index in [4.69, 9.17) is 9.47 Å². The van der Waals surface area contributed by atoms with Crippen molar-refractivity contribution in [2.24, 2.45) is 0 Å². The zero-order valence-electron chi connectivity index (χ0n) is 11.9. The van der Waals surface area contributed by atoms with Crippen molar-refractivity contribution in [3.63, 3.8) is 0 Å². The summed E-state index contributed by atoms with van der Waals surface area (Å²) in [6, 6.07) is 5.40. The summed E-state index contributed by atoms with van der Waals surface area (Å²) in [6.07, 6.45) is 2.40. The van der Waals surface area contributed by atoms with E-state index < -0.39 is 0 Å². The van der Waals surface area contributed by atoms with E-state index in [0.29, 0.717) is 6.54 Å². The molecule has 0 saturated carbocycles. The molecule has 0 bridgehead atoms. The van der Waals surface area contributed by atoms with Gasteiger partial charge < -0.3 is 19.3 Å². The number of nitrogens with zero attached hydrogens (tertiary/aromatic N) is 1. The van der Waals surface area contributed by atoms with Gasteiger partial charge in [0.05, 0.1) is 7.11 Å². The molecule has 1 amide bonds. The van der Waals surface area contributed by atoms with E-state index in [1.165, 1.54) is 12.3 Å². The molecule has 1 aliphatic rings. The molecule has 1 aromatic heterocycles. The minimum Gasteiger partial charge on any atom is -0.496 e. The van der Waals surface area contributed by atoms with Gasteiger partial charge in [0, 0.05) is 30.2 Å². The van der Waals surface area contributed by atoms with Crippen LogP contribution in [0.1, 0.15) is 28.5 Å². The van der Waals surface area contributed by atoms with Crippen LogP contribution in [-0.4, -0.2) is 24.3 Å². The van der Waals surface area contributed by atoms with E-state index in [1.807, 2.05) is 19.1 Å². The Morgan fingerprint density at radius 1 is 1.52 bits per heavy atom. The SMILES string of the molecule is COc1cc2c(cc1CNC(=O)c1ccon1)OC(C)C2. The van der Waals surface area contributed by atoms with Crippen LogP contribution in [0.2, 0.25) is 0 Å². The Hall–Kier alpha value is -2.50. The van der Waals surface area contributed by atoms with Gasteiger partial charge >= 0.3 is 0 Å². The predicted octanol–water partition coefficient (Wildman–Crippen LogP) is 1.94. The molecule has 6 nitrogen and oxygen atoms in total. The molecule has 0 fully saturated rings. The molecule has 1 aliphatic heterocycles. The number of methoxy groups -OCH3 is 1. The molecule has 6 heteroatoms. The molecular formula is C15H16N2O4. The quantitative estimate of drug-likeness (QED) is 0.930. The first kappa shape index (κ1) is 13.5. The van der Waals surface area contributed by atoms with E-state index in [0.717, 1.165) is 29.0 Å². The fourth-order valence-corrected chi connectivity index (χ4v) is 2.41. The van der Waals surface area contributed by atoms with Crippen molar-refractivity contribution in [2.45, 2.75) is 26.0 Å². The number of carbonyl (C=O) groups is 1. The van der Waals surface area contributed by atoms with Crippen LogP contribution in [0.5, 0.6) is 11.5 Å². The zero-order chi connectivity index (χ0) is 14.8. The standard InChI is InChI=1S/C15H16N2O4/c1-9-5-10-6-13(19-2)11(7-14(10)21-9)8-16-15(18)12-3-4-20-17-12/h3-4,6-7,9H,5,8H2,1-2H3,(H,16,18). The van der Waals surface area contributed by atoms with Crippen molar-refractivity contribution in [2.75, 3.05) is 7.11 Å². The average molecular weight is 288 g/mol. The first-order valence-electron chi connectivity index (χ1n) is 6.72. The number of ether oxygens (including phenoxy) is 2. The van der Waals surface area contributed by atoms with Gasteiger partial charge in [0.15, 0.2) is 5.69 Å². The molecule has 2 aromatic rings. The maximum Gasteiger partial charge on any atom is 0.273 e. The van der Waals surface area contributed by atoms with Gasteiger partial charge in [-0.1, -0.05) is 5.16 Å². The molecule has 0 aliphatic carbocycles. The lowest BCUT2D eigenvalue weighted by atomic mass is 10.1. The maximum atomic E-state index is 11.9. The fourth-order valence-electron chi connectivity index (χ4n) is 2.41. The highest BCUT2D eigenvalue weighted by Gasteiger charge is 2.22. The Morgan fingerprint density at radius 3 is 3.10 bits per heavy atom. The van der Waals surface area contributed by atoms with Crippen LogP contribution in [0.25, 0.3) is 0 Å². The molecule has 1 N–H and O–H groups in total. The van der Waals surface area contributed by atoms with E-state index in [-0.39, 0.29) is 17.7 Å². The van der Waals surface area contributed by atoms with Gasteiger partial charge in [-0.25, -0.2) is 0 Å². The third-order valence-corrected chi connectivity index (χ3v) is 3.41. The second-order valence-electron chi connectivity index (χ2n) is 4.97. The average Bonchev–Trinajstić information content (AvgIpc) is 3.11. The number of hydrogen-bond acceptors (Lipinski definition) is 5. The molecule has 0 radical (unpaired) electrons. The molecule has 1 atom stereocenters. The van der Waals surface area contributed by atoms with Crippen molar-refractivity contribution >= 4 is 5.91 Å². The number of hydrogen-bond donors (Lipinski definition) is 1. The van der Waals surface area contributed by atoms with E-state index >= 15 is 0 Å². The number of amides is 1.